The van der Waals surface area contributed by atoms with E-state index < -0.39 is 0 Å². The Morgan fingerprint density at radius 2 is 1.65 bits per heavy atom. The molecule has 0 bridgehead atoms. The first-order valence-electron chi connectivity index (χ1n) is 5.43. The molecule has 2 aromatic rings. The van der Waals surface area contributed by atoms with Gasteiger partial charge >= 0.3 is 0 Å². The first kappa shape index (κ1) is 11.5. The predicted molar refractivity (Wildman–Crippen MR) is 67.4 cm³/mol. The monoisotopic (exact) mass is 229 g/mol. The predicted octanol–water partition coefficient (Wildman–Crippen LogP) is 2.95. The number of ether oxygens (including phenoxy) is 2. The van der Waals surface area contributed by atoms with Gasteiger partial charge in [0.15, 0.2) is 0 Å². The summed E-state index contributed by atoms with van der Waals surface area (Å²) in [7, 11) is 1.63. The fourth-order valence-electron chi connectivity index (χ4n) is 1.49. The lowest BCUT2D eigenvalue weighted by molar-refractivity contribution is 0.409. The van der Waals surface area contributed by atoms with Crippen molar-refractivity contribution in [1.82, 2.24) is 0 Å². The van der Waals surface area contributed by atoms with Crippen LogP contribution in [0.4, 0.5) is 0 Å². The van der Waals surface area contributed by atoms with Crippen molar-refractivity contribution in [2.75, 3.05) is 7.11 Å². The Kier molecular flexibility index (Phi) is 3.62. The highest BCUT2D eigenvalue weighted by Crippen LogP contribution is 2.25. The van der Waals surface area contributed by atoms with Crippen LogP contribution in [0.2, 0.25) is 0 Å². The van der Waals surface area contributed by atoms with Gasteiger partial charge < -0.3 is 15.2 Å². The molecule has 3 heteroatoms. The zero-order chi connectivity index (χ0) is 12.1. The van der Waals surface area contributed by atoms with Gasteiger partial charge in [0, 0.05) is 12.6 Å². The number of hydrogen-bond donors (Lipinski definition) is 1. The average molecular weight is 229 g/mol. The Hall–Kier alpha value is -2.00. The summed E-state index contributed by atoms with van der Waals surface area (Å²) >= 11 is 0. The maximum Gasteiger partial charge on any atom is 0.131 e. The van der Waals surface area contributed by atoms with Crippen molar-refractivity contribution in [3.05, 3.63) is 54.1 Å². The molecular weight excluding hydrogens is 214 g/mol. The molecule has 0 fully saturated rings. The Bertz CT molecular complexity index is 480. The van der Waals surface area contributed by atoms with Gasteiger partial charge in [0.25, 0.3) is 0 Å². The van der Waals surface area contributed by atoms with Crippen LogP contribution in [0.3, 0.4) is 0 Å². The zero-order valence-electron chi connectivity index (χ0n) is 9.72. The second-order valence-corrected chi connectivity index (χ2v) is 3.63. The molecule has 2 aromatic carbocycles. The quantitative estimate of drug-likeness (QED) is 0.876. The van der Waals surface area contributed by atoms with Crippen LogP contribution in [-0.4, -0.2) is 7.11 Å². The van der Waals surface area contributed by atoms with Crippen LogP contribution < -0.4 is 15.2 Å². The molecule has 0 aliphatic carbocycles. The topological polar surface area (TPSA) is 44.5 Å². The van der Waals surface area contributed by atoms with Gasteiger partial charge in [0.05, 0.1) is 7.11 Å². The molecule has 0 heterocycles. The third-order valence-electron chi connectivity index (χ3n) is 2.44. The minimum atomic E-state index is 0.541. The summed E-state index contributed by atoms with van der Waals surface area (Å²) in [5.74, 6) is 2.32. The Morgan fingerprint density at radius 3 is 2.29 bits per heavy atom. The van der Waals surface area contributed by atoms with Gasteiger partial charge in [-0.2, -0.15) is 0 Å². The normalized spacial score (nSPS) is 10.0. The molecule has 0 amide bonds. The molecule has 2 rings (SSSR count). The van der Waals surface area contributed by atoms with Crippen LogP contribution in [0.5, 0.6) is 17.2 Å². The molecule has 0 aliphatic heterocycles. The fourth-order valence-corrected chi connectivity index (χ4v) is 1.49. The second kappa shape index (κ2) is 5.37. The summed E-state index contributed by atoms with van der Waals surface area (Å²) in [6, 6.07) is 15.2. The van der Waals surface area contributed by atoms with E-state index in [1.165, 1.54) is 0 Å². The Labute approximate surface area is 101 Å². The van der Waals surface area contributed by atoms with Crippen LogP contribution in [0.1, 0.15) is 5.56 Å². The standard InChI is InChI=1S/C14H15NO2/c1-16-13-3-2-4-14(9-13)17-12-7-5-11(10-15)6-8-12/h2-9H,10,15H2,1H3. The van der Waals surface area contributed by atoms with Crippen molar-refractivity contribution in [3.8, 4) is 17.2 Å². The minimum absolute atomic E-state index is 0.541. The minimum Gasteiger partial charge on any atom is -0.497 e. The molecule has 3 nitrogen and oxygen atoms in total. The van der Waals surface area contributed by atoms with Crippen LogP contribution >= 0.6 is 0 Å². The Balaban J connectivity index is 2.13. The summed E-state index contributed by atoms with van der Waals surface area (Å²) in [6.45, 7) is 0.541. The van der Waals surface area contributed by atoms with E-state index in [2.05, 4.69) is 0 Å². The molecule has 0 saturated heterocycles. The van der Waals surface area contributed by atoms with Gasteiger partial charge in [-0.25, -0.2) is 0 Å². The van der Waals surface area contributed by atoms with Crippen molar-refractivity contribution in [2.24, 2.45) is 5.73 Å². The maximum absolute atomic E-state index is 5.70. The summed E-state index contributed by atoms with van der Waals surface area (Å²) in [5.41, 5.74) is 6.62. The molecule has 0 saturated carbocycles. The lowest BCUT2D eigenvalue weighted by Crippen LogP contribution is -1.95. The Morgan fingerprint density at radius 1 is 0.941 bits per heavy atom. The third kappa shape index (κ3) is 2.98. The molecular formula is C14H15NO2. The van der Waals surface area contributed by atoms with E-state index in [0.717, 1.165) is 22.8 Å². The van der Waals surface area contributed by atoms with E-state index in [4.69, 9.17) is 15.2 Å². The van der Waals surface area contributed by atoms with Crippen molar-refractivity contribution < 1.29 is 9.47 Å². The molecule has 88 valence electrons. The number of nitrogens with two attached hydrogens (primary N) is 1. The first-order chi connectivity index (χ1) is 8.31. The highest BCUT2D eigenvalue weighted by Gasteiger charge is 1.99. The molecule has 17 heavy (non-hydrogen) atoms. The largest absolute Gasteiger partial charge is 0.497 e. The zero-order valence-corrected chi connectivity index (χ0v) is 9.72. The van der Waals surface area contributed by atoms with Crippen molar-refractivity contribution >= 4 is 0 Å². The van der Waals surface area contributed by atoms with E-state index >= 15 is 0 Å². The van der Waals surface area contributed by atoms with Crippen molar-refractivity contribution in [1.29, 1.82) is 0 Å². The van der Waals surface area contributed by atoms with Gasteiger partial charge in [0.1, 0.15) is 17.2 Å². The molecule has 2 N–H and O–H groups in total. The number of hydrogen-bond acceptors (Lipinski definition) is 3. The van der Waals surface area contributed by atoms with Crippen molar-refractivity contribution in [3.63, 3.8) is 0 Å². The summed E-state index contributed by atoms with van der Waals surface area (Å²) in [6.07, 6.45) is 0. The lowest BCUT2D eigenvalue weighted by Gasteiger charge is -2.07. The van der Waals surface area contributed by atoms with E-state index in [-0.39, 0.29) is 0 Å². The molecule has 0 spiro atoms. The number of methoxy groups -OCH3 is 1. The molecule has 0 radical (unpaired) electrons. The fraction of sp³-hybridized carbons (Fsp3) is 0.143. The van der Waals surface area contributed by atoms with Crippen molar-refractivity contribution in [2.45, 2.75) is 6.54 Å². The van der Waals surface area contributed by atoms with E-state index in [9.17, 15) is 0 Å². The smallest absolute Gasteiger partial charge is 0.131 e. The van der Waals surface area contributed by atoms with Gasteiger partial charge in [-0.3, -0.25) is 0 Å². The summed E-state index contributed by atoms with van der Waals surface area (Å²) in [4.78, 5) is 0. The molecule has 0 atom stereocenters. The lowest BCUT2D eigenvalue weighted by atomic mass is 10.2. The summed E-state index contributed by atoms with van der Waals surface area (Å²) < 4.78 is 10.8. The van der Waals surface area contributed by atoms with Crippen LogP contribution in [0.15, 0.2) is 48.5 Å². The summed E-state index contributed by atoms with van der Waals surface area (Å²) in [5, 5.41) is 0. The van der Waals surface area contributed by atoms with Crippen LogP contribution in [-0.2, 0) is 6.54 Å². The third-order valence-corrected chi connectivity index (χ3v) is 2.44. The highest BCUT2D eigenvalue weighted by atomic mass is 16.5. The van der Waals surface area contributed by atoms with Gasteiger partial charge in [-0.1, -0.05) is 18.2 Å². The van der Waals surface area contributed by atoms with Crippen LogP contribution in [0.25, 0.3) is 0 Å². The molecule has 0 aliphatic rings. The number of rotatable bonds is 4. The van der Waals surface area contributed by atoms with Crippen LogP contribution in [0, 0.1) is 0 Å². The maximum atomic E-state index is 5.70. The first-order valence-corrected chi connectivity index (χ1v) is 5.43. The van der Waals surface area contributed by atoms with Gasteiger partial charge in [-0.05, 0) is 29.8 Å². The number of benzene rings is 2. The van der Waals surface area contributed by atoms with E-state index in [1.807, 2.05) is 48.5 Å². The highest BCUT2D eigenvalue weighted by molar-refractivity contribution is 5.37. The van der Waals surface area contributed by atoms with E-state index in [1.54, 1.807) is 7.11 Å². The molecule has 0 unspecified atom stereocenters. The molecule has 0 aromatic heterocycles. The van der Waals surface area contributed by atoms with E-state index in [0.29, 0.717) is 6.54 Å². The SMILES string of the molecule is COc1cccc(Oc2ccc(CN)cc2)c1. The van der Waals surface area contributed by atoms with Gasteiger partial charge in [0.2, 0.25) is 0 Å². The average Bonchev–Trinajstić information content (AvgIpc) is 2.40. The van der Waals surface area contributed by atoms with Gasteiger partial charge in [-0.15, -0.1) is 0 Å². The second-order valence-electron chi connectivity index (χ2n) is 3.63.